The molecule has 0 aliphatic carbocycles. The summed E-state index contributed by atoms with van der Waals surface area (Å²) < 4.78 is 30.9. The number of hydrogen-bond donors (Lipinski definition) is 1. The van der Waals surface area contributed by atoms with Crippen molar-refractivity contribution in [1.82, 2.24) is 9.38 Å². The number of carboxylic acid groups (broad SMARTS) is 1. The molecule has 0 spiro atoms. The third-order valence-electron chi connectivity index (χ3n) is 4.06. The maximum Gasteiger partial charge on any atom is 0.387 e. The Balaban J connectivity index is 1.90. The van der Waals surface area contributed by atoms with Gasteiger partial charge < -0.3 is 14.2 Å². The lowest BCUT2D eigenvalue weighted by Crippen LogP contribution is -2.02. The van der Waals surface area contributed by atoms with E-state index >= 15 is 0 Å². The van der Waals surface area contributed by atoms with E-state index < -0.39 is 12.6 Å². The van der Waals surface area contributed by atoms with Gasteiger partial charge in [-0.15, -0.1) is 0 Å². The van der Waals surface area contributed by atoms with Gasteiger partial charge in [-0.1, -0.05) is 0 Å². The smallest absolute Gasteiger partial charge is 0.387 e. The second-order valence-corrected chi connectivity index (χ2v) is 5.64. The van der Waals surface area contributed by atoms with Crippen LogP contribution in [0.25, 0.3) is 27.8 Å². The monoisotopic (exact) mass is 354 g/mol. The number of rotatable bonds is 4. The van der Waals surface area contributed by atoms with Crippen molar-refractivity contribution in [2.45, 2.75) is 6.61 Å². The van der Waals surface area contributed by atoms with Crippen molar-refractivity contribution in [3.63, 3.8) is 0 Å². The number of carboxylic acids is 1. The van der Waals surface area contributed by atoms with Crippen LogP contribution in [0.1, 0.15) is 10.4 Å². The summed E-state index contributed by atoms with van der Waals surface area (Å²) in [7, 11) is 0. The highest BCUT2D eigenvalue weighted by Crippen LogP contribution is 2.29. The first-order valence-corrected chi connectivity index (χ1v) is 7.72. The maximum atomic E-state index is 12.3. The molecule has 0 bridgehead atoms. The largest absolute Gasteiger partial charge is 0.478 e. The lowest BCUT2D eigenvalue weighted by molar-refractivity contribution is -0.0498. The molecular formula is C19H12F2N2O3. The lowest BCUT2D eigenvalue weighted by Gasteiger charge is -2.10. The number of carbonyl (C=O) groups is 1. The van der Waals surface area contributed by atoms with Gasteiger partial charge in [-0.25, -0.2) is 9.78 Å². The molecule has 0 unspecified atom stereocenters. The standard InChI is InChI=1S/C19H12F2N2O3/c20-19(21)26-13-6-3-11(4-7-13)17-16-2-1-9-23(16)15-8-5-12(18(24)25)10-14(15)22-17/h1-10,19H,(H,24,25). The summed E-state index contributed by atoms with van der Waals surface area (Å²) in [4.78, 5) is 15.8. The van der Waals surface area contributed by atoms with Crippen LogP contribution in [0.4, 0.5) is 8.78 Å². The van der Waals surface area contributed by atoms with Gasteiger partial charge in [-0.05, 0) is 54.6 Å². The van der Waals surface area contributed by atoms with Gasteiger partial charge in [-0.2, -0.15) is 8.78 Å². The van der Waals surface area contributed by atoms with Crippen LogP contribution in [0, 0.1) is 0 Å². The normalized spacial score (nSPS) is 11.3. The van der Waals surface area contributed by atoms with E-state index in [0.29, 0.717) is 16.8 Å². The van der Waals surface area contributed by atoms with Crippen molar-refractivity contribution in [1.29, 1.82) is 0 Å². The van der Waals surface area contributed by atoms with Crippen LogP contribution in [-0.2, 0) is 0 Å². The van der Waals surface area contributed by atoms with Crippen LogP contribution in [-0.4, -0.2) is 27.1 Å². The minimum Gasteiger partial charge on any atom is -0.478 e. The SMILES string of the molecule is O=C(O)c1ccc2c(c1)nc(-c1ccc(OC(F)F)cc1)c1cccn12. The summed E-state index contributed by atoms with van der Waals surface area (Å²) in [5.41, 5.74) is 3.59. The van der Waals surface area contributed by atoms with Crippen molar-refractivity contribution >= 4 is 22.5 Å². The molecule has 1 N–H and O–H groups in total. The predicted octanol–water partition coefficient (Wildman–Crippen LogP) is 4.45. The number of halogens is 2. The van der Waals surface area contributed by atoms with E-state index in [1.165, 1.54) is 24.3 Å². The Bertz CT molecular complexity index is 1120. The first-order chi connectivity index (χ1) is 12.5. The highest BCUT2D eigenvalue weighted by molar-refractivity contribution is 5.94. The number of aromatic carboxylic acids is 1. The predicted molar refractivity (Wildman–Crippen MR) is 91.7 cm³/mol. The summed E-state index contributed by atoms with van der Waals surface area (Å²) in [5, 5.41) is 9.20. The zero-order chi connectivity index (χ0) is 18.3. The Morgan fingerprint density at radius 3 is 2.54 bits per heavy atom. The third kappa shape index (κ3) is 2.73. The second kappa shape index (κ2) is 6.11. The molecule has 7 heteroatoms. The molecule has 130 valence electrons. The zero-order valence-electron chi connectivity index (χ0n) is 13.3. The summed E-state index contributed by atoms with van der Waals surface area (Å²) in [6.07, 6.45) is 1.86. The Kier molecular flexibility index (Phi) is 3.76. The second-order valence-electron chi connectivity index (χ2n) is 5.64. The average Bonchev–Trinajstić information content (AvgIpc) is 3.10. The van der Waals surface area contributed by atoms with E-state index in [-0.39, 0.29) is 11.3 Å². The van der Waals surface area contributed by atoms with E-state index in [1.807, 2.05) is 22.7 Å². The Morgan fingerprint density at radius 1 is 1.08 bits per heavy atom. The Morgan fingerprint density at radius 2 is 1.85 bits per heavy atom. The number of aromatic nitrogens is 2. The quantitative estimate of drug-likeness (QED) is 0.588. The lowest BCUT2D eigenvalue weighted by atomic mass is 10.1. The van der Waals surface area contributed by atoms with Gasteiger partial charge in [0.05, 0.1) is 27.8 Å². The van der Waals surface area contributed by atoms with Gasteiger partial charge in [0.15, 0.2) is 0 Å². The molecule has 26 heavy (non-hydrogen) atoms. The van der Waals surface area contributed by atoms with Crippen molar-refractivity contribution in [3.05, 3.63) is 66.4 Å². The number of benzene rings is 2. The van der Waals surface area contributed by atoms with E-state index in [2.05, 4.69) is 9.72 Å². The molecule has 4 aromatic rings. The van der Waals surface area contributed by atoms with Gasteiger partial charge in [0.25, 0.3) is 0 Å². The fourth-order valence-corrected chi connectivity index (χ4v) is 2.92. The molecule has 0 amide bonds. The van der Waals surface area contributed by atoms with Gasteiger partial charge in [-0.3, -0.25) is 0 Å². The molecule has 2 heterocycles. The molecule has 0 radical (unpaired) electrons. The molecule has 0 aliphatic heterocycles. The van der Waals surface area contributed by atoms with Crippen molar-refractivity contribution in [2.24, 2.45) is 0 Å². The van der Waals surface area contributed by atoms with E-state index in [4.69, 9.17) is 0 Å². The Hall–Kier alpha value is -3.48. The first kappa shape index (κ1) is 16.0. The van der Waals surface area contributed by atoms with Crippen molar-refractivity contribution < 1.29 is 23.4 Å². The molecule has 0 fully saturated rings. The fraction of sp³-hybridized carbons (Fsp3) is 0.0526. The zero-order valence-corrected chi connectivity index (χ0v) is 13.3. The van der Waals surface area contributed by atoms with E-state index in [9.17, 15) is 18.7 Å². The first-order valence-electron chi connectivity index (χ1n) is 7.72. The highest BCUT2D eigenvalue weighted by atomic mass is 19.3. The van der Waals surface area contributed by atoms with Crippen molar-refractivity contribution in [2.75, 3.05) is 0 Å². The molecule has 2 aromatic heterocycles. The summed E-state index contributed by atoms with van der Waals surface area (Å²) in [6.45, 7) is -2.88. The van der Waals surface area contributed by atoms with Crippen LogP contribution in [0.5, 0.6) is 5.75 Å². The topological polar surface area (TPSA) is 63.8 Å². The molecule has 2 aromatic carbocycles. The van der Waals surface area contributed by atoms with Gasteiger partial charge in [0.2, 0.25) is 0 Å². The van der Waals surface area contributed by atoms with E-state index in [1.54, 1.807) is 18.2 Å². The molecular weight excluding hydrogens is 342 g/mol. The fourth-order valence-electron chi connectivity index (χ4n) is 2.92. The van der Waals surface area contributed by atoms with Gasteiger partial charge in [0.1, 0.15) is 5.75 Å². The van der Waals surface area contributed by atoms with Crippen LogP contribution in [0.3, 0.4) is 0 Å². The summed E-state index contributed by atoms with van der Waals surface area (Å²) in [6, 6.07) is 14.7. The Labute approximate surface area is 146 Å². The van der Waals surface area contributed by atoms with Crippen LogP contribution >= 0.6 is 0 Å². The van der Waals surface area contributed by atoms with Crippen LogP contribution < -0.4 is 4.74 Å². The highest BCUT2D eigenvalue weighted by Gasteiger charge is 2.13. The number of nitrogens with zero attached hydrogens (tertiary/aromatic N) is 2. The molecule has 4 rings (SSSR count). The van der Waals surface area contributed by atoms with Crippen LogP contribution in [0.2, 0.25) is 0 Å². The number of ether oxygens (including phenoxy) is 1. The third-order valence-corrected chi connectivity index (χ3v) is 4.06. The van der Waals surface area contributed by atoms with Crippen molar-refractivity contribution in [3.8, 4) is 17.0 Å². The maximum absolute atomic E-state index is 12.3. The number of alkyl halides is 2. The molecule has 0 atom stereocenters. The molecule has 0 saturated heterocycles. The number of hydrogen-bond acceptors (Lipinski definition) is 3. The average molecular weight is 354 g/mol. The van der Waals surface area contributed by atoms with E-state index in [0.717, 1.165) is 11.0 Å². The molecule has 0 saturated carbocycles. The molecule has 5 nitrogen and oxygen atoms in total. The van der Waals surface area contributed by atoms with Gasteiger partial charge >= 0.3 is 12.6 Å². The molecule has 0 aliphatic rings. The minimum absolute atomic E-state index is 0.0594. The number of fused-ring (bicyclic) bond motifs is 3. The summed E-state index contributed by atoms with van der Waals surface area (Å²) in [5.74, 6) is -0.972. The van der Waals surface area contributed by atoms with Crippen LogP contribution in [0.15, 0.2) is 60.8 Å². The minimum atomic E-state index is -2.88. The van der Waals surface area contributed by atoms with Gasteiger partial charge in [0, 0.05) is 11.8 Å². The summed E-state index contributed by atoms with van der Waals surface area (Å²) >= 11 is 0.